The number of benzene rings is 2. The number of carbonyl (C=O) groups is 1. The minimum absolute atomic E-state index is 0.0928. The van der Waals surface area contributed by atoms with Crippen LogP contribution in [0.1, 0.15) is 28.8 Å². The predicted octanol–water partition coefficient (Wildman–Crippen LogP) is 5.09. The fourth-order valence-electron chi connectivity index (χ4n) is 4.30. The second-order valence-electron chi connectivity index (χ2n) is 8.09. The number of hydrogen-bond acceptors (Lipinski definition) is 3. The molecule has 0 aliphatic carbocycles. The molecule has 3 aromatic rings. The summed E-state index contributed by atoms with van der Waals surface area (Å²) >= 11 is 0. The maximum Gasteiger partial charge on any atom is 0.418 e. The first-order valence-corrected chi connectivity index (χ1v) is 10.3. The van der Waals surface area contributed by atoms with Gasteiger partial charge in [-0.2, -0.15) is 13.2 Å². The third-order valence-electron chi connectivity index (χ3n) is 6.01. The molecule has 1 aliphatic rings. The number of likely N-dealkylation sites (tertiary alicyclic amines) is 1. The smallest absolute Gasteiger partial charge is 0.339 e. The molecule has 2 heterocycles. The molecule has 0 spiro atoms. The van der Waals surface area contributed by atoms with Crippen molar-refractivity contribution in [2.75, 3.05) is 27.2 Å². The van der Waals surface area contributed by atoms with E-state index < -0.39 is 11.7 Å². The molecule has 1 amide bonds. The summed E-state index contributed by atoms with van der Waals surface area (Å²) in [4.78, 5) is 21.4. The number of nitrogens with zero attached hydrogens (tertiary/aromatic N) is 3. The Morgan fingerprint density at radius 1 is 1.00 bits per heavy atom. The fourth-order valence-corrected chi connectivity index (χ4v) is 4.30. The summed E-state index contributed by atoms with van der Waals surface area (Å²) in [6, 6.07) is 13.3. The van der Waals surface area contributed by atoms with E-state index in [2.05, 4.69) is 9.88 Å². The van der Waals surface area contributed by atoms with E-state index in [9.17, 15) is 18.0 Å². The van der Waals surface area contributed by atoms with E-state index >= 15 is 0 Å². The quantitative estimate of drug-likeness (QED) is 0.585. The Balaban J connectivity index is 1.75. The minimum atomic E-state index is -4.50. The lowest BCUT2D eigenvalue weighted by molar-refractivity contribution is -0.136. The maximum absolute atomic E-state index is 13.5. The number of rotatable bonds is 3. The monoisotopic (exact) mass is 427 g/mol. The molecule has 1 aromatic heterocycles. The Bertz CT molecular complexity index is 1100. The number of amides is 1. The van der Waals surface area contributed by atoms with Gasteiger partial charge >= 0.3 is 6.18 Å². The van der Waals surface area contributed by atoms with E-state index in [1.54, 1.807) is 36.4 Å². The molecule has 7 heteroatoms. The molecule has 1 fully saturated rings. The highest BCUT2D eigenvalue weighted by Crippen LogP contribution is 2.38. The van der Waals surface area contributed by atoms with Crippen molar-refractivity contribution in [3.63, 3.8) is 0 Å². The molecule has 0 bridgehead atoms. The topological polar surface area (TPSA) is 36.4 Å². The molecule has 2 aromatic carbocycles. The van der Waals surface area contributed by atoms with Crippen molar-refractivity contribution in [2.45, 2.75) is 25.1 Å². The SMILES string of the molecule is CN(C)C1CCN(C(=O)c2ccccc2-c2ccnc3c(C(F)(F)F)cccc23)CC1. The van der Waals surface area contributed by atoms with E-state index in [1.807, 2.05) is 19.0 Å². The van der Waals surface area contributed by atoms with E-state index in [4.69, 9.17) is 0 Å². The fraction of sp³-hybridized carbons (Fsp3) is 0.333. The van der Waals surface area contributed by atoms with Gasteiger partial charge in [0.15, 0.2) is 0 Å². The molecular formula is C24H24F3N3O. The molecular weight excluding hydrogens is 403 g/mol. The van der Waals surface area contributed by atoms with Gasteiger partial charge in [0.2, 0.25) is 0 Å². The van der Waals surface area contributed by atoms with Gasteiger partial charge in [0, 0.05) is 36.3 Å². The summed E-state index contributed by atoms with van der Waals surface area (Å²) in [5.74, 6) is -0.0928. The molecule has 1 aliphatic heterocycles. The van der Waals surface area contributed by atoms with Crippen LogP contribution in [-0.2, 0) is 6.18 Å². The summed E-state index contributed by atoms with van der Waals surface area (Å²) in [6.07, 6.45) is -1.34. The van der Waals surface area contributed by atoms with Crippen LogP contribution in [-0.4, -0.2) is 53.9 Å². The largest absolute Gasteiger partial charge is 0.418 e. The Labute approximate surface area is 179 Å². The number of halogens is 3. The van der Waals surface area contributed by atoms with Crippen LogP contribution in [0.4, 0.5) is 13.2 Å². The van der Waals surface area contributed by atoms with Crippen LogP contribution >= 0.6 is 0 Å². The summed E-state index contributed by atoms with van der Waals surface area (Å²) in [5, 5.41) is 0.379. The lowest BCUT2D eigenvalue weighted by Crippen LogP contribution is -2.44. The van der Waals surface area contributed by atoms with Gasteiger partial charge in [0.05, 0.1) is 11.1 Å². The molecule has 0 atom stereocenters. The zero-order chi connectivity index (χ0) is 22.2. The highest BCUT2D eigenvalue weighted by Gasteiger charge is 2.33. The van der Waals surface area contributed by atoms with Crippen LogP contribution in [0.5, 0.6) is 0 Å². The third-order valence-corrected chi connectivity index (χ3v) is 6.01. The number of alkyl halides is 3. The zero-order valence-electron chi connectivity index (χ0n) is 17.5. The van der Waals surface area contributed by atoms with Gasteiger partial charge in [-0.3, -0.25) is 9.78 Å². The van der Waals surface area contributed by atoms with Crippen LogP contribution in [0.15, 0.2) is 54.7 Å². The molecule has 4 rings (SSSR count). The zero-order valence-corrected chi connectivity index (χ0v) is 17.5. The molecule has 162 valence electrons. The molecule has 0 N–H and O–H groups in total. The number of para-hydroxylation sites is 1. The van der Waals surface area contributed by atoms with Crippen LogP contribution < -0.4 is 0 Å². The summed E-state index contributed by atoms with van der Waals surface area (Å²) in [6.45, 7) is 1.32. The molecule has 0 saturated carbocycles. The van der Waals surface area contributed by atoms with E-state index in [0.29, 0.717) is 41.2 Å². The minimum Gasteiger partial charge on any atom is -0.339 e. The highest BCUT2D eigenvalue weighted by molar-refractivity contribution is 6.05. The number of hydrogen-bond donors (Lipinski definition) is 0. The van der Waals surface area contributed by atoms with Crippen molar-refractivity contribution in [3.05, 3.63) is 65.9 Å². The average Bonchev–Trinajstić information content (AvgIpc) is 2.77. The number of piperidine rings is 1. The van der Waals surface area contributed by atoms with Gasteiger partial charge in [0.25, 0.3) is 5.91 Å². The van der Waals surface area contributed by atoms with Crippen molar-refractivity contribution in [1.82, 2.24) is 14.8 Å². The normalized spacial score (nSPS) is 15.6. The van der Waals surface area contributed by atoms with Gasteiger partial charge in [-0.1, -0.05) is 30.3 Å². The molecule has 0 radical (unpaired) electrons. The lowest BCUT2D eigenvalue weighted by atomic mass is 9.94. The molecule has 31 heavy (non-hydrogen) atoms. The number of carbonyl (C=O) groups excluding carboxylic acids is 1. The van der Waals surface area contributed by atoms with E-state index in [1.165, 1.54) is 12.3 Å². The third kappa shape index (κ3) is 4.14. The van der Waals surface area contributed by atoms with Gasteiger partial charge < -0.3 is 9.80 Å². The Morgan fingerprint density at radius 2 is 1.71 bits per heavy atom. The summed E-state index contributed by atoms with van der Waals surface area (Å²) in [5.41, 5.74) is 0.802. The second-order valence-corrected chi connectivity index (χ2v) is 8.09. The molecule has 4 nitrogen and oxygen atoms in total. The van der Waals surface area contributed by atoms with Gasteiger partial charge in [-0.15, -0.1) is 0 Å². The first-order chi connectivity index (χ1) is 14.8. The summed E-state index contributed by atoms with van der Waals surface area (Å²) < 4.78 is 40.5. The van der Waals surface area contributed by atoms with Crippen molar-refractivity contribution in [3.8, 4) is 11.1 Å². The first-order valence-electron chi connectivity index (χ1n) is 10.3. The van der Waals surface area contributed by atoms with E-state index in [-0.39, 0.29) is 11.4 Å². The first kappa shape index (κ1) is 21.3. The average molecular weight is 427 g/mol. The standard InChI is InChI=1S/C24H24F3N3O/c1-29(2)16-11-14-30(15-12-16)23(31)20-7-4-3-6-17(20)18-10-13-28-22-19(18)8-5-9-21(22)24(25,26)27/h3-10,13,16H,11-12,14-15H2,1-2H3. The van der Waals surface area contributed by atoms with Crippen LogP contribution in [0.25, 0.3) is 22.0 Å². The number of aromatic nitrogens is 1. The number of fused-ring (bicyclic) bond motifs is 1. The van der Waals surface area contributed by atoms with Crippen molar-refractivity contribution < 1.29 is 18.0 Å². The van der Waals surface area contributed by atoms with Crippen LogP contribution in [0.3, 0.4) is 0 Å². The van der Waals surface area contributed by atoms with Crippen molar-refractivity contribution in [1.29, 1.82) is 0 Å². The van der Waals surface area contributed by atoms with Crippen LogP contribution in [0.2, 0.25) is 0 Å². The van der Waals surface area contributed by atoms with Crippen molar-refractivity contribution in [2.24, 2.45) is 0 Å². The van der Waals surface area contributed by atoms with Crippen molar-refractivity contribution >= 4 is 16.8 Å². The van der Waals surface area contributed by atoms with Gasteiger partial charge in [-0.05, 0) is 56.3 Å². The van der Waals surface area contributed by atoms with E-state index in [0.717, 1.165) is 18.9 Å². The highest BCUT2D eigenvalue weighted by atomic mass is 19.4. The maximum atomic E-state index is 13.5. The Hall–Kier alpha value is -2.93. The second kappa shape index (κ2) is 8.30. The molecule has 1 saturated heterocycles. The number of pyridine rings is 1. The predicted molar refractivity (Wildman–Crippen MR) is 115 cm³/mol. The van der Waals surface area contributed by atoms with Gasteiger partial charge in [-0.25, -0.2) is 0 Å². The lowest BCUT2D eigenvalue weighted by Gasteiger charge is -2.35. The Morgan fingerprint density at radius 3 is 2.39 bits per heavy atom. The van der Waals surface area contributed by atoms with Gasteiger partial charge in [0.1, 0.15) is 0 Å². The van der Waals surface area contributed by atoms with Crippen LogP contribution in [0, 0.1) is 0 Å². The Kier molecular flexibility index (Phi) is 5.71. The molecule has 0 unspecified atom stereocenters. The summed E-state index contributed by atoms with van der Waals surface area (Å²) in [7, 11) is 4.09.